The molecule has 5 heteroatoms. The summed E-state index contributed by atoms with van der Waals surface area (Å²) in [5.74, 6) is 8.96. The van der Waals surface area contributed by atoms with Crippen molar-refractivity contribution in [2.45, 2.75) is 134 Å². The minimum absolute atomic E-state index is 0.109. The van der Waals surface area contributed by atoms with Crippen LogP contribution in [0.4, 0.5) is 0 Å². The van der Waals surface area contributed by atoms with Crippen molar-refractivity contribution in [1.82, 2.24) is 15.0 Å². The molecule has 0 bridgehead atoms. The van der Waals surface area contributed by atoms with Gasteiger partial charge < -0.3 is 4.74 Å². The van der Waals surface area contributed by atoms with Crippen molar-refractivity contribution in [3.8, 4) is 17.5 Å². The van der Waals surface area contributed by atoms with Crippen LogP contribution in [0.25, 0.3) is 17.0 Å². The zero-order valence-electron chi connectivity index (χ0n) is 31.1. The van der Waals surface area contributed by atoms with Crippen LogP contribution < -0.4 is 0 Å². The summed E-state index contributed by atoms with van der Waals surface area (Å²) in [5.41, 5.74) is 2.73. The zero-order valence-corrected chi connectivity index (χ0v) is 31.1. The van der Waals surface area contributed by atoms with Gasteiger partial charge in [0.25, 0.3) is 0 Å². The number of hydrogen-bond donors (Lipinski definition) is 0. The molecule has 52 heavy (non-hydrogen) atoms. The normalized spacial score (nSPS) is 42.3. The van der Waals surface area contributed by atoms with Gasteiger partial charge in [-0.25, -0.2) is 15.0 Å². The highest BCUT2D eigenvalue weighted by Gasteiger charge is 2.70. The number of aromatic nitrogens is 3. The number of benzene rings is 1. The molecule has 1 aromatic heterocycles. The molecule has 5 nitrogen and oxygen atoms in total. The molecule has 8 aliphatic rings. The Morgan fingerprint density at radius 1 is 0.673 bits per heavy atom. The molecule has 1 aromatic carbocycles. The van der Waals surface area contributed by atoms with Crippen LogP contribution in [0, 0.1) is 70.0 Å². The van der Waals surface area contributed by atoms with Crippen LogP contribution in [0.5, 0.6) is 0 Å². The molecular weight excluding hydrogens is 637 g/mol. The molecular formula is C47H58N4O. The number of rotatable bonds is 4. The first kappa shape index (κ1) is 33.5. The standard InChI is InChI=1S/C47H58N4O/c48-29-30-19-21-31(22-20-30)34-23-25-42-40(27-34)47(38-17-9-7-15-36(38)37-16-8-10-18-39(37)47)41-28-35(24-26-43(41)52-42)46-50-44(32-11-3-1-4-12-32)49-45(51-46)33-13-5-2-6-14-33/h1,3-4,11-13,19,21,24,26,30-31,34-43H,2,5-10,14-18,20,22-23,25,27-28H2. The highest BCUT2D eigenvalue weighted by Crippen LogP contribution is 2.74. The van der Waals surface area contributed by atoms with Gasteiger partial charge in [0.2, 0.25) is 0 Å². The quantitative estimate of drug-likeness (QED) is 0.298. The van der Waals surface area contributed by atoms with Crippen LogP contribution in [-0.4, -0.2) is 27.2 Å². The highest BCUT2D eigenvalue weighted by molar-refractivity contribution is 5.63. The maximum Gasteiger partial charge on any atom is 0.163 e. The van der Waals surface area contributed by atoms with E-state index in [4.69, 9.17) is 19.7 Å². The number of nitriles is 1. The lowest BCUT2D eigenvalue weighted by molar-refractivity contribution is -0.230. The molecule has 5 fully saturated rings. The largest absolute Gasteiger partial charge is 0.370 e. The molecule has 12 unspecified atom stereocenters. The summed E-state index contributed by atoms with van der Waals surface area (Å²) in [5, 5.41) is 9.63. The summed E-state index contributed by atoms with van der Waals surface area (Å²) >= 11 is 0. The van der Waals surface area contributed by atoms with Crippen molar-refractivity contribution >= 4 is 5.57 Å². The van der Waals surface area contributed by atoms with Crippen LogP contribution in [0.1, 0.15) is 133 Å². The Morgan fingerprint density at radius 2 is 1.46 bits per heavy atom. The molecule has 4 saturated carbocycles. The first-order chi connectivity index (χ1) is 25.7. The summed E-state index contributed by atoms with van der Waals surface area (Å²) in [7, 11) is 0. The third kappa shape index (κ3) is 5.59. The van der Waals surface area contributed by atoms with Crippen LogP contribution in [0.3, 0.4) is 0 Å². The van der Waals surface area contributed by atoms with Crippen molar-refractivity contribution in [2.24, 2.45) is 58.7 Å². The average molecular weight is 695 g/mol. The van der Waals surface area contributed by atoms with Gasteiger partial charge in [-0.1, -0.05) is 86.4 Å². The van der Waals surface area contributed by atoms with Crippen molar-refractivity contribution in [3.05, 3.63) is 72.4 Å². The predicted molar refractivity (Wildman–Crippen MR) is 205 cm³/mol. The zero-order chi connectivity index (χ0) is 34.6. The lowest BCUT2D eigenvalue weighted by Crippen LogP contribution is -2.62. The maximum atomic E-state index is 9.63. The summed E-state index contributed by atoms with van der Waals surface area (Å²) in [6, 6.07) is 13.1. The third-order valence-corrected chi connectivity index (χ3v) is 16.1. The molecule has 12 atom stereocenters. The van der Waals surface area contributed by atoms with E-state index in [0.29, 0.717) is 29.3 Å². The summed E-state index contributed by atoms with van der Waals surface area (Å²) < 4.78 is 7.40. The highest BCUT2D eigenvalue weighted by atomic mass is 16.5. The molecule has 1 saturated heterocycles. The SMILES string of the molecule is N#CC1C=CC(C2CCC3OC4C=CC(c5nc(C6=CCCCC6)nc(-c6ccccc6)n5)CC4C4(C3C2)C2CCCCC2C2CCCCC24)CC1. The van der Waals surface area contributed by atoms with Gasteiger partial charge in [-0.05, 0) is 148 Å². The van der Waals surface area contributed by atoms with Gasteiger partial charge in [0.15, 0.2) is 11.6 Å². The van der Waals surface area contributed by atoms with E-state index in [9.17, 15) is 5.26 Å². The van der Waals surface area contributed by atoms with Crippen LogP contribution >= 0.6 is 0 Å². The Bertz CT molecular complexity index is 1730. The van der Waals surface area contributed by atoms with Crippen molar-refractivity contribution in [1.29, 1.82) is 5.26 Å². The van der Waals surface area contributed by atoms with E-state index >= 15 is 0 Å². The fourth-order valence-electron chi connectivity index (χ4n) is 14.2. The van der Waals surface area contributed by atoms with Crippen LogP contribution in [0.2, 0.25) is 0 Å². The smallest absolute Gasteiger partial charge is 0.163 e. The van der Waals surface area contributed by atoms with Gasteiger partial charge in [0.1, 0.15) is 5.82 Å². The van der Waals surface area contributed by atoms with E-state index < -0.39 is 0 Å². The fraction of sp³-hybridized carbons (Fsp3) is 0.660. The van der Waals surface area contributed by atoms with E-state index in [1.165, 1.54) is 95.5 Å². The van der Waals surface area contributed by atoms with Crippen molar-refractivity contribution in [3.63, 3.8) is 0 Å². The Balaban J connectivity index is 1.06. The van der Waals surface area contributed by atoms with Crippen molar-refractivity contribution < 1.29 is 4.74 Å². The number of ether oxygens (including phenoxy) is 1. The molecule has 0 amide bonds. The fourth-order valence-corrected chi connectivity index (χ4v) is 14.2. The lowest BCUT2D eigenvalue weighted by atomic mass is 9.45. The third-order valence-electron chi connectivity index (χ3n) is 16.1. The van der Waals surface area contributed by atoms with E-state index in [1.54, 1.807) is 0 Å². The summed E-state index contributed by atoms with van der Waals surface area (Å²) in [6.07, 6.45) is 35.9. The minimum Gasteiger partial charge on any atom is -0.370 e. The molecule has 272 valence electrons. The Hall–Kier alpha value is -3.10. The van der Waals surface area contributed by atoms with Gasteiger partial charge in [0.05, 0.1) is 24.2 Å². The van der Waals surface area contributed by atoms with Gasteiger partial charge in [-0.3, -0.25) is 0 Å². The average Bonchev–Trinajstić information content (AvgIpc) is 3.52. The van der Waals surface area contributed by atoms with Crippen molar-refractivity contribution in [2.75, 3.05) is 0 Å². The van der Waals surface area contributed by atoms with Crippen LogP contribution in [-0.2, 0) is 4.74 Å². The second kappa shape index (κ2) is 14.0. The molecule has 7 aliphatic carbocycles. The van der Waals surface area contributed by atoms with Gasteiger partial charge in [-0.15, -0.1) is 0 Å². The summed E-state index contributed by atoms with van der Waals surface area (Å²) in [6.45, 7) is 0. The molecule has 2 aromatic rings. The van der Waals surface area contributed by atoms with E-state index in [2.05, 4.69) is 66.8 Å². The predicted octanol–water partition coefficient (Wildman–Crippen LogP) is 11.1. The number of allylic oxidation sites excluding steroid dienone is 5. The lowest BCUT2D eigenvalue weighted by Gasteiger charge is -2.63. The first-order valence-corrected chi connectivity index (χ1v) is 21.6. The van der Waals surface area contributed by atoms with Gasteiger partial charge in [0, 0.05) is 11.5 Å². The maximum absolute atomic E-state index is 9.63. The Morgan fingerprint density at radius 3 is 2.19 bits per heavy atom. The first-order valence-electron chi connectivity index (χ1n) is 21.6. The second-order valence-corrected chi connectivity index (χ2v) is 18.3. The monoisotopic (exact) mass is 694 g/mol. The van der Waals surface area contributed by atoms with E-state index in [0.717, 1.165) is 78.3 Å². The number of fused-ring (bicyclic) bond motifs is 9. The second-order valence-electron chi connectivity index (χ2n) is 18.3. The topological polar surface area (TPSA) is 71.7 Å². The minimum atomic E-state index is 0.109. The molecule has 10 rings (SSSR count). The van der Waals surface area contributed by atoms with Gasteiger partial charge in [-0.2, -0.15) is 5.26 Å². The molecule has 1 spiro atoms. The molecule has 0 radical (unpaired) electrons. The number of hydrogen-bond acceptors (Lipinski definition) is 5. The molecule has 1 aliphatic heterocycles. The Kier molecular flexibility index (Phi) is 8.98. The molecule has 2 heterocycles. The van der Waals surface area contributed by atoms with E-state index in [-0.39, 0.29) is 17.9 Å². The molecule has 0 N–H and O–H groups in total. The van der Waals surface area contributed by atoms with E-state index in [1.807, 2.05) is 0 Å². The number of nitrogens with zero attached hydrogens (tertiary/aromatic N) is 4. The summed E-state index contributed by atoms with van der Waals surface area (Å²) in [4.78, 5) is 15.8. The van der Waals surface area contributed by atoms with Gasteiger partial charge >= 0.3 is 0 Å². The Labute approximate surface area is 311 Å². The van der Waals surface area contributed by atoms with Crippen LogP contribution in [0.15, 0.2) is 60.7 Å².